The Morgan fingerprint density at radius 1 is 1.43 bits per heavy atom. The molecule has 0 saturated carbocycles. The van der Waals surface area contributed by atoms with Crippen LogP contribution in [0.15, 0.2) is 29.3 Å². The number of hydrogen-bond donors (Lipinski definition) is 5. The molecule has 11 nitrogen and oxygen atoms in total. The van der Waals surface area contributed by atoms with Crippen LogP contribution in [0.2, 0.25) is 0 Å². The first kappa shape index (κ1) is 20.0. The van der Waals surface area contributed by atoms with Gasteiger partial charge in [0.05, 0.1) is 30.4 Å². The van der Waals surface area contributed by atoms with E-state index in [2.05, 4.69) is 25.6 Å². The van der Waals surface area contributed by atoms with Crippen molar-refractivity contribution >= 4 is 34.4 Å². The highest BCUT2D eigenvalue weighted by atomic mass is 16.5. The molecule has 1 fully saturated rings. The van der Waals surface area contributed by atoms with Gasteiger partial charge in [-0.3, -0.25) is 19.1 Å². The van der Waals surface area contributed by atoms with Crippen LogP contribution in [0.25, 0.3) is 11.2 Å². The summed E-state index contributed by atoms with van der Waals surface area (Å²) in [4.78, 5) is 35.3. The summed E-state index contributed by atoms with van der Waals surface area (Å²) >= 11 is 0. The number of nitrogens with zero attached hydrogens (tertiary/aromatic N) is 3. The van der Waals surface area contributed by atoms with Gasteiger partial charge in [-0.15, -0.1) is 0 Å². The third-order valence-corrected chi connectivity index (χ3v) is 4.95. The van der Waals surface area contributed by atoms with E-state index >= 15 is 0 Å². The van der Waals surface area contributed by atoms with Gasteiger partial charge >= 0.3 is 0 Å². The van der Waals surface area contributed by atoms with E-state index < -0.39 is 24.0 Å². The molecule has 11 heteroatoms. The molecule has 158 valence electrons. The summed E-state index contributed by atoms with van der Waals surface area (Å²) in [6, 6.07) is 5.42. The SMILES string of the molecule is CC(=O)Nc1c(C)cccc1Nc1nc2c(ncn2[C@H]2C[C@H](O)[C@@H](CO)O2)c(=O)[nH]1. The number of imidazole rings is 1. The topological polar surface area (TPSA) is 154 Å². The number of fused-ring (bicyclic) bond motifs is 1. The maximum absolute atomic E-state index is 12.5. The lowest BCUT2D eigenvalue weighted by atomic mass is 10.1. The lowest BCUT2D eigenvalue weighted by molar-refractivity contribution is -0.114. The molecule has 5 N–H and O–H groups in total. The Morgan fingerprint density at radius 3 is 2.93 bits per heavy atom. The Balaban J connectivity index is 1.71. The number of aliphatic hydroxyl groups is 2. The molecule has 0 bridgehead atoms. The molecule has 0 unspecified atom stereocenters. The van der Waals surface area contributed by atoms with Crippen molar-refractivity contribution in [3.63, 3.8) is 0 Å². The molecule has 3 atom stereocenters. The number of benzene rings is 1. The van der Waals surface area contributed by atoms with Gasteiger partial charge in [0.2, 0.25) is 11.9 Å². The zero-order chi connectivity index (χ0) is 21.4. The van der Waals surface area contributed by atoms with Crippen LogP contribution in [0.1, 0.15) is 25.1 Å². The molecule has 3 heterocycles. The Bertz CT molecular complexity index is 1160. The Kier molecular flexibility index (Phi) is 5.24. The lowest BCUT2D eigenvalue weighted by Gasteiger charge is -2.15. The van der Waals surface area contributed by atoms with Crippen LogP contribution in [0.5, 0.6) is 0 Å². The van der Waals surface area contributed by atoms with Gasteiger partial charge in [-0.05, 0) is 18.6 Å². The van der Waals surface area contributed by atoms with Crippen LogP contribution < -0.4 is 16.2 Å². The van der Waals surface area contributed by atoms with Gasteiger partial charge in [0.15, 0.2) is 11.2 Å². The maximum Gasteiger partial charge on any atom is 0.280 e. The number of carbonyl (C=O) groups excluding carboxylic acids is 1. The molecule has 1 aliphatic heterocycles. The smallest absolute Gasteiger partial charge is 0.280 e. The van der Waals surface area contributed by atoms with E-state index in [0.29, 0.717) is 11.4 Å². The van der Waals surface area contributed by atoms with Gasteiger partial charge in [0.1, 0.15) is 12.3 Å². The highest BCUT2D eigenvalue weighted by molar-refractivity contribution is 5.94. The molecule has 0 aliphatic carbocycles. The van der Waals surface area contributed by atoms with Gasteiger partial charge in [-0.25, -0.2) is 4.98 Å². The molecule has 3 aromatic rings. The highest BCUT2D eigenvalue weighted by Crippen LogP contribution is 2.31. The molecule has 1 saturated heterocycles. The molecule has 4 rings (SSSR count). The van der Waals surface area contributed by atoms with Crippen molar-refractivity contribution in [3.05, 3.63) is 40.4 Å². The van der Waals surface area contributed by atoms with Gasteiger partial charge in [-0.2, -0.15) is 4.98 Å². The lowest BCUT2D eigenvalue weighted by Crippen LogP contribution is -2.24. The zero-order valence-corrected chi connectivity index (χ0v) is 16.4. The fraction of sp³-hybridized carbons (Fsp3) is 0.368. The number of H-pyrrole nitrogens is 1. The molecule has 30 heavy (non-hydrogen) atoms. The van der Waals surface area contributed by atoms with Gasteiger partial charge in [0, 0.05) is 13.3 Å². The van der Waals surface area contributed by atoms with E-state index in [0.717, 1.165) is 5.56 Å². The van der Waals surface area contributed by atoms with Crippen LogP contribution in [0.4, 0.5) is 17.3 Å². The van der Waals surface area contributed by atoms with Crippen molar-refractivity contribution in [2.45, 2.75) is 38.7 Å². The average molecular weight is 414 g/mol. The fourth-order valence-corrected chi connectivity index (χ4v) is 3.49. The molecule has 0 radical (unpaired) electrons. The van der Waals surface area contributed by atoms with E-state index in [-0.39, 0.29) is 36.0 Å². The summed E-state index contributed by atoms with van der Waals surface area (Å²) in [5.74, 6) is -0.0681. The summed E-state index contributed by atoms with van der Waals surface area (Å²) in [5.41, 5.74) is 1.92. The predicted octanol–water partition coefficient (Wildman–Crippen LogP) is 0.771. The highest BCUT2D eigenvalue weighted by Gasteiger charge is 2.35. The number of aromatic nitrogens is 4. The van der Waals surface area contributed by atoms with E-state index in [1.54, 1.807) is 10.6 Å². The number of para-hydroxylation sites is 1. The average Bonchev–Trinajstić information content (AvgIpc) is 3.27. The largest absolute Gasteiger partial charge is 0.394 e. The van der Waals surface area contributed by atoms with Crippen molar-refractivity contribution in [3.8, 4) is 0 Å². The summed E-state index contributed by atoms with van der Waals surface area (Å²) in [6.07, 6.45) is -0.496. The number of amides is 1. The van der Waals surface area contributed by atoms with E-state index in [4.69, 9.17) is 4.74 Å². The van der Waals surface area contributed by atoms with Crippen molar-refractivity contribution in [2.24, 2.45) is 0 Å². The third-order valence-electron chi connectivity index (χ3n) is 4.95. The van der Waals surface area contributed by atoms with Crippen LogP contribution in [-0.4, -0.2) is 54.5 Å². The number of anilines is 3. The van der Waals surface area contributed by atoms with Crippen molar-refractivity contribution < 1.29 is 19.7 Å². The minimum atomic E-state index is -0.829. The monoisotopic (exact) mass is 414 g/mol. The minimum absolute atomic E-state index is 0.123. The first-order valence-electron chi connectivity index (χ1n) is 9.43. The number of aryl methyl sites for hydroxylation is 1. The second-order valence-electron chi connectivity index (χ2n) is 7.16. The van der Waals surface area contributed by atoms with E-state index in [9.17, 15) is 19.8 Å². The molecule has 1 aliphatic rings. The van der Waals surface area contributed by atoms with Crippen LogP contribution >= 0.6 is 0 Å². The number of nitrogens with one attached hydrogen (secondary N) is 3. The number of ether oxygens (including phenoxy) is 1. The quantitative estimate of drug-likeness (QED) is 0.410. The van der Waals surface area contributed by atoms with Crippen molar-refractivity contribution in [1.82, 2.24) is 19.5 Å². The van der Waals surface area contributed by atoms with E-state index in [1.807, 2.05) is 19.1 Å². The fourth-order valence-electron chi connectivity index (χ4n) is 3.49. The molecule has 2 aromatic heterocycles. The Morgan fingerprint density at radius 2 is 2.23 bits per heavy atom. The Hall–Kier alpha value is -3.28. The molecular formula is C19H22N6O5. The molecular weight excluding hydrogens is 392 g/mol. The third kappa shape index (κ3) is 3.65. The number of aromatic amines is 1. The number of rotatable bonds is 5. The summed E-state index contributed by atoms with van der Waals surface area (Å²) in [6.45, 7) is 2.95. The minimum Gasteiger partial charge on any atom is -0.394 e. The van der Waals surface area contributed by atoms with Crippen LogP contribution in [0.3, 0.4) is 0 Å². The zero-order valence-electron chi connectivity index (χ0n) is 16.4. The van der Waals surface area contributed by atoms with Crippen LogP contribution in [0, 0.1) is 6.92 Å². The van der Waals surface area contributed by atoms with Crippen molar-refractivity contribution in [2.75, 3.05) is 17.2 Å². The standard InChI is InChI=1S/C19H22N6O5/c1-9-4-3-5-11(15(9)21-10(2)27)22-19-23-17-16(18(29)24-19)20-8-25(17)14-6-12(28)13(7-26)30-14/h3-5,8,12-14,26,28H,6-7H2,1-2H3,(H,21,27)(H2,22,23,24,29)/t12-,13+,14+/m0/s1. The second kappa shape index (κ2) is 7.86. The van der Waals surface area contributed by atoms with Crippen LogP contribution in [-0.2, 0) is 9.53 Å². The molecule has 1 aromatic carbocycles. The molecule has 1 amide bonds. The number of carbonyl (C=O) groups is 1. The van der Waals surface area contributed by atoms with Crippen molar-refractivity contribution in [1.29, 1.82) is 0 Å². The summed E-state index contributed by atoms with van der Waals surface area (Å²) < 4.78 is 7.21. The van der Waals surface area contributed by atoms with Gasteiger partial charge in [-0.1, -0.05) is 12.1 Å². The molecule has 0 spiro atoms. The van der Waals surface area contributed by atoms with Gasteiger partial charge in [0.25, 0.3) is 5.56 Å². The van der Waals surface area contributed by atoms with Gasteiger partial charge < -0.3 is 25.6 Å². The first-order chi connectivity index (χ1) is 14.4. The summed E-state index contributed by atoms with van der Waals surface area (Å²) in [5, 5.41) is 25.1. The normalized spacial score (nSPS) is 21.1. The van der Waals surface area contributed by atoms with E-state index in [1.165, 1.54) is 13.3 Å². The first-order valence-corrected chi connectivity index (χ1v) is 9.43. The predicted molar refractivity (Wildman–Crippen MR) is 109 cm³/mol. The number of hydrogen-bond acceptors (Lipinski definition) is 8. The Labute approximate surface area is 170 Å². The summed E-state index contributed by atoms with van der Waals surface area (Å²) in [7, 11) is 0. The number of aliphatic hydroxyl groups excluding tert-OH is 2. The maximum atomic E-state index is 12.5. The second-order valence-corrected chi connectivity index (χ2v) is 7.16.